The van der Waals surface area contributed by atoms with Gasteiger partial charge in [-0.25, -0.2) is 0 Å². The molecule has 1 N–H and O–H groups in total. The molecule has 1 rings (SSSR count). The molecule has 1 aromatic heterocycles. The number of rotatable bonds is 8. The molecule has 0 aliphatic heterocycles. The number of hydrogen-bond donors (Lipinski definition) is 1. The number of aromatic nitrogens is 1. The topological polar surface area (TPSA) is 42.4 Å². The van der Waals surface area contributed by atoms with Gasteiger partial charge in [0.25, 0.3) is 0 Å². The molecule has 0 saturated carbocycles. The van der Waals surface area contributed by atoms with E-state index in [0.717, 1.165) is 38.2 Å². The molecule has 0 fully saturated rings. The summed E-state index contributed by atoms with van der Waals surface area (Å²) in [4.78, 5) is 4.34. The summed E-state index contributed by atoms with van der Waals surface area (Å²) >= 11 is 0. The molecule has 1 heterocycles. The fourth-order valence-electron chi connectivity index (χ4n) is 1.69. The van der Waals surface area contributed by atoms with E-state index in [4.69, 9.17) is 4.74 Å². The number of ether oxygens (including phenoxy) is 1. The minimum Gasteiger partial charge on any atom is -0.393 e. The van der Waals surface area contributed by atoms with Crippen molar-refractivity contribution in [2.75, 3.05) is 13.2 Å². The van der Waals surface area contributed by atoms with Gasteiger partial charge in [0.05, 0.1) is 6.10 Å². The number of aliphatic hydroxyl groups excluding tert-OH is 1. The van der Waals surface area contributed by atoms with Gasteiger partial charge in [0.1, 0.15) is 0 Å². The molecule has 0 amide bonds. The van der Waals surface area contributed by atoms with Crippen LogP contribution in [0.4, 0.5) is 0 Å². The maximum absolute atomic E-state index is 9.83. The Kier molecular flexibility index (Phi) is 6.82. The lowest BCUT2D eigenvalue weighted by Crippen LogP contribution is -2.12. The number of pyridine rings is 1. The van der Waals surface area contributed by atoms with Gasteiger partial charge in [-0.3, -0.25) is 4.98 Å². The minimum absolute atomic E-state index is 0.310. The van der Waals surface area contributed by atoms with E-state index in [-0.39, 0.29) is 6.10 Å². The van der Waals surface area contributed by atoms with Crippen LogP contribution in [-0.2, 0) is 17.6 Å². The van der Waals surface area contributed by atoms with Crippen molar-refractivity contribution < 1.29 is 9.84 Å². The minimum atomic E-state index is -0.310. The normalized spacial score (nSPS) is 12.6. The number of aliphatic hydroxyl groups is 1. The predicted molar refractivity (Wildman–Crippen MR) is 69.1 cm³/mol. The predicted octanol–water partition coefficient (Wildman–Crippen LogP) is 2.36. The third kappa shape index (κ3) is 5.80. The molecule has 17 heavy (non-hydrogen) atoms. The van der Waals surface area contributed by atoms with Crippen molar-refractivity contribution in [3.63, 3.8) is 0 Å². The van der Waals surface area contributed by atoms with Crippen LogP contribution in [-0.4, -0.2) is 29.4 Å². The first kappa shape index (κ1) is 14.1. The van der Waals surface area contributed by atoms with Gasteiger partial charge in [-0.15, -0.1) is 0 Å². The fourth-order valence-corrected chi connectivity index (χ4v) is 1.69. The maximum Gasteiger partial charge on any atom is 0.0596 e. The van der Waals surface area contributed by atoms with Crippen molar-refractivity contribution in [2.24, 2.45) is 0 Å². The molecule has 0 radical (unpaired) electrons. The standard InChI is InChI=1S/C14H23NO2/c1-3-12-7-8-13(15-11-12)10-14(16)6-5-9-17-4-2/h7-8,11,14,16H,3-6,9-10H2,1-2H3. The molecule has 1 atom stereocenters. The lowest BCUT2D eigenvalue weighted by Gasteiger charge is -2.10. The Morgan fingerprint density at radius 1 is 1.35 bits per heavy atom. The molecule has 96 valence electrons. The zero-order chi connectivity index (χ0) is 12.5. The van der Waals surface area contributed by atoms with E-state index in [9.17, 15) is 5.11 Å². The summed E-state index contributed by atoms with van der Waals surface area (Å²) in [5, 5.41) is 9.83. The quantitative estimate of drug-likeness (QED) is 0.706. The molecule has 3 nitrogen and oxygen atoms in total. The summed E-state index contributed by atoms with van der Waals surface area (Å²) in [6.45, 7) is 5.57. The van der Waals surface area contributed by atoms with Gasteiger partial charge < -0.3 is 9.84 Å². The molecule has 0 spiro atoms. The molecule has 0 aliphatic carbocycles. The highest BCUT2D eigenvalue weighted by molar-refractivity contribution is 5.14. The Morgan fingerprint density at radius 2 is 2.18 bits per heavy atom. The first-order chi connectivity index (χ1) is 8.26. The van der Waals surface area contributed by atoms with Crippen LogP contribution in [0.3, 0.4) is 0 Å². The number of nitrogens with zero attached hydrogens (tertiary/aromatic N) is 1. The van der Waals surface area contributed by atoms with Crippen molar-refractivity contribution in [2.45, 2.75) is 45.6 Å². The average molecular weight is 237 g/mol. The second-order valence-corrected chi connectivity index (χ2v) is 4.21. The van der Waals surface area contributed by atoms with Gasteiger partial charge in [0.15, 0.2) is 0 Å². The summed E-state index contributed by atoms with van der Waals surface area (Å²) in [5.41, 5.74) is 2.20. The van der Waals surface area contributed by atoms with Crippen LogP contribution in [0.25, 0.3) is 0 Å². The van der Waals surface area contributed by atoms with E-state index in [1.807, 2.05) is 19.2 Å². The molecule has 0 bridgehead atoms. The van der Waals surface area contributed by atoms with Gasteiger partial charge in [0.2, 0.25) is 0 Å². The van der Waals surface area contributed by atoms with Crippen LogP contribution in [0.2, 0.25) is 0 Å². The molecule has 0 aliphatic rings. The lowest BCUT2D eigenvalue weighted by atomic mass is 10.1. The number of hydrogen-bond acceptors (Lipinski definition) is 3. The van der Waals surface area contributed by atoms with Crippen molar-refractivity contribution in [1.82, 2.24) is 4.98 Å². The summed E-state index contributed by atoms with van der Waals surface area (Å²) in [6, 6.07) is 4.08. The highest BCUT2D eigenvalue weighted by atomic mass is 16.5. The third-order valence-corrected chi connectivity index (χ3v) is 2.77. The monoisotopic (exact) mass is 237 g/mol. The maximum atomic E-state index is 9.83. The zero-order valence-corrected chi connectivity index (χ0v) is 10.9. The Labute approximate surface area is 104 Å². The molecule has 1 unspecified atom stereocenters. The molecule has 1 aromatic rings. The summed E-state index contributed by atoms with van der Waals surface area (Å²) in [6.07, 6.45) is 4.90. The SMILES string of the molecule is CCOCCCC(O)Cc1ccc(CC)cn1. The number of aryl methyl sites for hydroxylation is 1. The van der Waals surface area contributed by atoms with Crippen LogP contribution >= 0.6 is 0 Å². The smallest absolute Gasteiger partial charge is 0.0596 e. The first-order valence-corrected chi connectivity index (χ1v) is 6.45. The van der Waals surface area contributed by atoms with E-state index in [1.165, 1.54) is 5.56 Å². The van der Waals surface area contributed by atoms with Gasteiger partial charge in [-0.1, -0.05) is 13.0 Å². The van der Waals surface area contributed by atoms with E-state index >= 15 is 0 Å². The highest BCUT2D eigenvalue weighted by Gasteiger charge is 2.06. The van der Waals surface area contributed by atoms with Crippen molar-refractivity contribution in [1.29, 1.82) is 0 Å². The van der Waals surface area contributed by atoms with E-state index < -0.39 is 0 Å². The Bertz CT molecular complexity index is 298. The third-order valence-electron chi connectivity index (χ3n) is 2.77. The van der Waals surface area contributed by atoms with Crippen LogP contribution in [0, 0.1) is 0 Å². The molecular formula is C14H23NO2. The van der Waals surface area contributed by atoms with E-state index in [1.54, 1.807) is 0 Å². The van der Waals surface area contributed by atoms with Crippen LogP contribution < -0.4 is 0 Å². The zero-order valence-electron chi connectivity index (χ0n) is 10.9. The van der Waals surface area contributed by atoms with E-state index in [2.05, 4.69) is 18.0 Å². The molecule has 0 aromatic carbocycles. The van der Waals surface area contributed by atoms with Crippen molar-refractivity contribution in [3.8, 4) is 0 Å². The second-order valence-electron chi connectivity index (χ2n) is 4.21. The second kappa shape index (κ2) is 8.20. The summed E-state index contributed by atoms with van der Waals surface area (Å²) in [5.74, 6) is 0. The summed E-state index contributed by atoms with van der Waals surface area (Å²) < 4.78 is 5.24. The Balaban J connectivity index is 2.26. The summed E-state index contributed by atoms with van der Waals surface area (Å²) in [7, 11) is 0. The van der Waals surface area contributed by atoms with E-state index in [0.29, 0.717) is 6.42 Å². The first-order valence-electron chi connectivity index (χ1n) is 6.45. The average Bonchev–Trinajstić information content (AvgIpc) is 2.36. The van der Waals surface area contributed by atoms with Gasteiger partial charge in [0, 0.05) is 31.5 Å². The molecule has 0 saturated heterocycles. The Morgan fingerprint density at radius 3 is 2.76 bits per heavy atom. The van der Waals surface area contributed by atoms with Crippen LogP contribution in [0.1, 0.15) is 37.9 Å². The van der Waals surface area contributed by atoms with Crippen molar-refractivity contribution in [3.05, 3.63) is 29.6 Å². The van der Waals surface area contributed by atoms with Gasteiger partial charge in [-0.2, -0.15) is 0 Å². The van der Waals surface area contributed by atoms with Gasteiger partial charge in [-0.05, 0) is 37.8 Å². The van der Waals surface area contributed by atoms with Crippen LogP contribution in [0.5, 0.6) is 0 Å². The van der Waals surface area contributed by atoms with Gasteiger partial charge >= 0.3 is 0 Å². The van der Waals surface area contributed by atoms with Crippen LogP contribution in [0.15, 0.2) is 18.3 Å². The molecular weight excluding hydrogens is 214 g/mol. The lowest BCUT2D eigenvalue weighted by molar-refractivity contribution is 0.114. The largest absolute Gasteiger partial charge is 0.393 e. The fraction of sp³-hybridized carbons (Fsp3) is 0.643. The van der Waals surface area contributed by atoms with Crippen molar-refractivity contribution >= 4 is 0 Å². The molecule has 3 heteroatoms. The Hall–Kier alpha value is -0.930. The highest BCUT2D eigenvalue weighted by Crippen LogP contribution is 2.07.